The number of carbonyl (C=O) groups excluding carboxylic acids is 1. The smallest absolute Gasteiger partial charge is 0.145 e. The van der Waals surface area contributed by atoms with Gasteiger partial charge in [-0.2, -0.15) is 0 Å². The Morgan fingerprint density at radius 3 is 2.26 bits per heavy atom. The van der Waals surface area contributed by atoms with Crippen LogP contribution in [0.25, 0.3) is 0 Å². The van der Waals surface area contributed by atoms with Crippen LogP contribution in [0, 0.1) is 6.92 Å². The van der Waals surface area contributed by atoms with Crippen molar-refractivity contribution >= 4 is 5.78 Å². The summed E-state index contributed by atoms with van der Waals surface area (Å²) in [5.74, 6) is -0.0277. The highest BCUT2D eigenvalue weighted by Crippen LogP contribution is 2.18. The molecule has 2 nitrogen and oxygen atoms in total. The molecule has 0 aliphatic carbocycles. The van der Waals surface area contributed by atoms with Crippen molar-refractivity contribution < 1.29 is 4.79 Å². The highest BCUT2D eigenvalue weighted by atomic mass is 16.1. The predicted molar refractivity (Wildman–Crippen MR) is 78.1 cm³/mol. The van der Waals surface area contributed by atoms with E-state index in [4.69, 9.17) is 5.73 Å². The number of Topliss-reactive ketones (excluding diaryl/α,β-unsaturated/α-hetero) is 1. The lowest BCUT2D eigenvalue weighted by Gasteiger charge is -2.14. The lowest BCUT2D eigenvalue weighted by atomic mass is 9.91. The number of hydrogen-bond acceptors (Lipinski definition) is 2. The average molecular weight is 253 g/mol. The van der Waals surface area contributed by atoms with Crippen LogP contribution in [0.15, 0.2) is 54.6 Å². The molecule has 2 aromatic rings. The molecule has 0 saturated carbocycles. The molecule has 2 aromatic carbocycles. The molecular weight excluding hydrogens is 234 g/mol. The second-order valence-corrected chi connectivity index (χ2v) is 4.83. The van der Waals surface area contributed by atoms with Crippen molar-refractivity contribution in [3.8, 4) is 0 Å². The van der Waals surface area contributed by atoms with E-state index in [1.54, 1.807) is 0 Å². The summed E-state index contributed by atoms with van der Waals surface area (Å²) in [6, 6.07) is 17.8. The summed E-state index contributed by atoms with van der Waals surface area (Å²) in [6.45, 7) is 2.40. The van der Waals surface area contributed by atoms with Gasteiger partial charge in [-0.3, -0.25) is 4.79 Å². The number of nitrogens with two attached hydrogens (primary N) is 1. The molecule has 0 fully saturated rings. The van der Waals surface area contributed by atoms with Gasteiger partial charge in [-0.15, -0.1) is 0 Å². The van der Waals surface area contributed by atoms with Gasteiger partial charge in [0, 0.05) is 13.0 Å². The fraction of sp³-hybridized carbons (Fsp3) is 0.235. The van der Waals surface area contributed by atoms with Gasteiger partial charge in [0.2, 0.25) is 0 Å². The predicted octanol–water partition coefficient (Wildman–Crippen LogP) is 2.85. The Bertz CT molecular complexity index is 531. The lowest BCUT2D eigenvalue weighted by molar-refractivity contribution is -0.119. The molecule has 0 radical (unpaired) electrons. The van der Waals surface area contributed by atoms with Crippen molar-refractivity contribution in [2.24, 2.45) is 5.73 Å². The zero-order valence-electron chi connectivity index (χ0n) is 11.2. The summed E-state index contributed by atoms with van der Waals surface area (Å²) in [6.07, 6.45) is 0.442. The first-order valence-corrected chi connectivity index (χ1v) is 6.54. The third-order valence-corrected chi connectivity index (χ3v) is 3.33. The monoisotopic (exact) mass is 253 g/mol. The van der Waals surface area contributed by atoms with Crippen molar-refractivity contribution in [1.29, 1.82) is 0 Å². The largest absolute Gasteiger partial charge is 0.329 e. The summed E-state index contributed by atoms with van der Waals surface area (Å²) in [7, 11) is 0. The van der Waals surface area contributed by atoms with E-state index in [-0.39, 0.29) is 11.7 Å². The SMILES string of the molecule is Cc1ccc(CC(=O)C(CN)c2ccccc2)cc1. The van der Waals surface area contributed by atoms with E-state index in [0.717, 1.165) is 11.1 Å². The molecule has 0 heterocycles. The lowest BCUT2D eigenvalue weighted by Crippen LogP contribution is -2.23. The zero-order valence-corrected chi connectivity index (χ0v) is 11.2. The molecule has 98 valence electrons. The zero-order chi connectivity index (χ0) is 13.7. The molecule has 0 bridgehead atoms. The van der Waals surface area contributed by atoms with Crippen molar-refractivity contribution in [1.82, 2.24) is 0 Å². The minimum absolute atomic E-state index is 0.178. The molecule has 0 aliphatic rings. The van der Waals surface area contributed by atoms with E-state index < -0.39 is 0 Å². The Morgan fingerprint density at radius 1 is 1.05 bits per heavy atom. The number of hydrogen-bond donors (Lipinski definition) is 1. The molecule has 1 atom stereocenters. The number of rotatable bonds is 5. The maximum atomic E-state index is 12.3. The van der Waals surface area contributed by atoms with Gasteiger partial charge in [0.1, 0.15) is 5.78 Å². The van der Waals surface area contributed by atoms with Gasteiger partial charge in [-0.25, -0.2) is 0 Å². The van der Waals surface area contributed by atoms with Crippen LogP contribution in [0.4, 0.5) is 0 Å². The van der Waals surface area contributed by atoms with E-state index in [2.05, 4.69) is 0 Å². The van der Waals surface area contributed by atoms with E-state index in [1.807, 2.05) is 61.5 Å². The minimum atomic E-state index is -0.206. The highest BCUT2D eigenvalue weighted by molar-refractivity contribution is 5.87. The third kappa shape index (κ3) is 3.52. The van der Waals surface area contributed by atoms with Crippen molar-refractivity contribution in [3.05, 3.63) is 71.3 Å². The number of aryl methyl sites for hydroxylation is 1. The van der Waals surface area contributed by atoms with Crippen LogP contribution in [-0.2, 0) is 11.2 Å². The van der Waals surface area contributed by atoms with Crippen molar-refractivity contribution in [2.75, 3.05) is 6.54 Å². The summed E-state index contributed by atoms with van der Waals surface area (Å²) in [5.41, 5.74) is 9.01. The van der Waals surface area contributed by atoms with Crippen molar-refractivity contribution in [2.45, 2.75) is 19.3 Å². The fourth-order valence-electron chi connectivity index (χ4n) is 2.17. The summed E-state index contributed by atoms with van der Waals surface area (Å²) in [4.78, 5) is 12.3. The summed E-state index contributed by atoms with van der Waals surface area (Å²) < 4.78 is 0. The van der Waals surface area contributed by atoms with Crippen LogP contribution in [0.3, 0.4) is 0 Å². The van der Waals surface area contributed by atoms with Crippen molar-refractivity contribution in [3.63, 3.8) is 0 Å². The minimum Gasteiger partial charge on any atom is -0.329 e. The van der Waals surface area contributed by atoms with Gasteiger partial charge >= 0.3 is 0 Å². The second kappa shape index (κ2) is 6.30. The number of ketones is 1. The number of carbonyl (C=O) groups is 1. The van der Waals surface area contributed by atoms with Gasteiger partial charge in [-0.05, 0) is 18.1 Å². The quantitative estimate of drug-likeness (QED) is 0.890. The Hall–Kier alpha value is -1.93. The summed E-state index contributed by atoms with van der Waals surface area (Å²) in [5, 5.41) is 0. The maximum Gasteiger partial charge on any atom is 0.145 e. The van der Waals surface area contributed by atoms with E-state index in [1.165, 1.54) is 5.56 Å². The molecule has 0 spiro atoms. The molecule has 19 heavy (non-hydrogen) atoms. The molecule has 2 heteroatoms. The fourth-order valence-corrected chi connectivity index (χ4v) is 2.17. The van der Waals surface area contributed by atoms with Crippen LogP contribution in [0.1, 0.15) is 22.6 Å². The standard InChI is InChI=1S/C17H19NO/c1-13-7-9-14(10-8-13)11-17(19)16(12-18)15-5-3-2-4-6-15/h2-10,16H,11-12,18H2,1H3. The van der Waals surface area contributed by atoms with Crippen LogP contribution >= 0.6 is 0 Å². The van der Waals surface area contributed by atoms with Gasteiger partial charge in [0.05, 0.1) is 5.92 Å². The van der Waals surface area contributed by atoms with Crippen LogP contribution in [0.2, 0.25) is 0 Å². The first-order chi connectivity index (χ1) is 9.20. The molecular formula is C17H19NO. The average Bonchev–Trinajstić information content (AvgIpc) is 2.43. The van der Waals surface area contributed by atoms with Gasteiger partial charge in [-0.1, -0.05) is 60.2 Å². The Balaban J connectivity index is 2.11. The molecule has 2 N–H and O–H groups in total. The third-order valence-electron chi connectivity index (χ3n) is 3.33. The van der Waals surface area contributed by atoms with E-state index in [9.17, 15) is 4.79 Å². The Morgan fingerprint density at radius 2 is 1.68 bits per heavy atom. The molecule has 0 amide bonds. The first-order valence-electron chi connectivity index (χ1n) is 6.54. The Kier molecular flexibility index (Phi) is 4.48. The molecule has 0 aliphatic heterocycles. The first kappa shape index (κ1) is 13.5. The van der Waals surface area contributed by atoms with Crippen LogP contribution in [0.5, 0.6) is 0 Å². The summed E-state index contributed by atoms with van der Waals surface area (Å²) >= 11 is 0. The van der Waals surface area contributed by atoms with Gasteiger partial charge in [0.25, 0.3) is 0 Å². The van der Waals surface area contributed by atoms with Crippen LogP contribution < -0.4 is 5.73 Å². The normalized spacial score (nSPS) is 12.1. The Labute approximate surface area is 114 Å². The molecule has 1 unspecified atom stereocenters. The van der Waals surface area contributed by atoms with Gasteiger partial charge < -0.3 is 5.73 Å². The highest BCUT2D eigenvalue weighted by Gasteiger charge is 2.18. The number of benzene rings is 2. The topological polar surface area (TPSA) is 43.1 Å². The molecule has 0 aromatic heterocycles. The maximum absolute atomic E-state index is 12.3. The second-order valence-electron chi connectivity index (χ2n) is 4.83. The van der Waals surface area contributed by atoms with Crippen LogP contribution in [-0.4, -0.2) is 12.3 Å². The molecule has 0 saturated heterocycles. The molecule has 2 rings (SSSR count). The van der Waals surface area contributed by atoms with Gasteiger partial charge in [0.15, 0.2) is 0 Å². The van der Waals surface area contributed by atoms with E-state index >= 15 is 0 Å². The van der Waals surface area contributed by atoms with E-state index in [0.29, 0.717) is 13.0 Å².